The molecular formula is C16H20F2O2. The van der Waals surface area contributed by atoms with Crippen LogP contribution in [0.15, 0.2) is 24.3 Å². The minimum atomic E-state index is -3.42. The Balaban J connectivity index is 2.00. The van der Waals surface area contributed by atoms with Gasteiger partial charge in [-0.25, -0.2) is 4.79 Å². The van der Waals surface area contributed by atoms with Crippen LogP contribution in [0.25, 0.3) is 0 Å². The lowest BCUT2D eigenvalue weighted by Gasteiger charge is -2.19. The molecule has 4 heteroatoms. The first-order chi connectivity index (χ1) is 9.22. The molecule has 0 aliphatic heterocycles. The third-order valence-electron chi connectivity index (χ3n) is 3.65. The van der Waals surface area contributed by atoms with Crippen LogP contribution in [-0.4, -0.2) is 17.5 Å². The summed E-state index contributed by atoms with van der Waals surface area (Å²) < 4.78 is 30.8. The first-order valence-corrected chi connectivity index (χ1v) is 6.92. The van der Waals surface area contributed by atoms with Crippen LogP contribution in [0.2, 0.25) is 0 Å². The summed E-state index contributed by atoms with van der Waals surface area (Å²) >= 11 is 0. The molecule has 1 aliphatic rings. The third kappa shape index (κ3) is 3.56. The lowest BCUT2D eigenvalue weighted by Crippen LogP contribution is -2.33. The fraction of sp³-hybridized carbons (Fsp3) is 0.562. The Bertz CT molecular complexity index is 482. The zero-order valence-corrected chi connectivity index (χ0v) is 12.1. The Morgan fingerprint density at radius 1 is 1.30 bits per heavy atom. The Morgan fingerprint density at radius 3 is 2.25 bits per heavy atom. The van der Waals surface area contributed by atoms with Crippen molar-refractivity contribution in [3.05, 3.63) is 35.4 Å². The number of alkyl halides is 2. The molecule has 1 fully saturated rings. The standard InChI is InChI=1S/C16H20F2O2/c1-11(2)13-6-4-12(5-7-13)10-16(8-9-16)20-14(19)15(3,17)18/h4-7,11H,8-10H2,1-3H3. The monoisotopic (exact) mass is 282 g/mol. The smallest absolute Gasteiger partial charge is 0.377 e. The van der Waals surface area contributed by atoms with Crippen LogP contribution >= 0.6 is 0 Å². The van der Waals surface area contributed by atoms with Crippen LogP contribution in [0.4, 0.5) is 8.78 Å². The number of hydrogen-bond donors (Lipinski definition) is 0. The molecule has 2 nitrogen and oxygen atoms in total. The number of carbonyl (C=O) groups is 1. The molecule has 0 atom stereocenters. The van der Waals surface area contributed by atoms with E-state index in [2.05, 4.69) is 13.8 Å². The lowest BCUT2D eigenvalue weighted by atomic mass is 9.99. The Labute approximate surface area is 118 Å². The van der Waals surface area contributed by atoms with Crippen molar-refractivity contribution in [2.45, 2.75) is 57.5 Å². The molecule has 1 aliphatic carbocycles. The molecule has 1 aromatic rings. The van der Waals surface area contributed by atoms with E-state index in [1.54, 1.807) is 0 Å². The highest BCUT2D eigenvalue weighted by Gasteiger charge is 2.50. The molecule has 1 aromatic carbocycles. The summed E-state index contributed by atoms with van der Waals surface area (Å²) in [6, 6.07) is 8.03. The predicted octanol–water partition coefficient (Wildman–Crippen LogP) is 4.08. The van der Waals surface area contributed by atoms with Crippen LogP contribution in [0.5, 0.6) is 0 Å². The first kappa shape index (κ1) is 14.9. The van der Waals surface area contributed by atoms with Gasteiger partial charge in [-0.05, 0) is 29.9 Å². The van der Waals surface area contributed by atoms with Crippen LogP contribution in [0.3, 0.4) is 0 Å². The summed E-state index contributed by atoms with van der Waals surface area (Å²) in [5.41, 5.74) is 1.53. The van der Waals surface area contributed by atoms with Crippen molar-refractivity contribution < 1.29 is 18.3 Å². The molecule has 0 saturated heterocycles. The van der Waals surface area contributed by atoms with Crippen molar-refractivity contribution in [3.8, 4) is 0 Å². The van der Waals surface area contributed by atoms with E-state index in [9.17, 15) is 13.6 Å². The van der Waals surface area contributed by atoms with Gasteiger partial charge < -0.3 is 4.74 Å². The maximum atomic E-state index is 12.9. The molecule has 0 heterocycles. The predicted molar refractivity (Wildman–Crippen MR) is 72.9 cm³/mol. The number of halogens is 2. The van der Waals surface area contributed by atoms with Crippen molar-refractivity contribution in [2.24, 2.45) is 0 Å². The second-order valence-electron chi connectivity index (χ2n) is 6.03. The fourth-order valence-electron chi connectivity index (χ4n) is 2.13. The van der Waals surface area contributed by atoms with Crippen molar-refractivity contribution in [2.75, 3.05) is 0 Å². The van der Waals surface area contributed by atoms with Crippen molar-refractivity contribution in [1.29, 1.82) is 0 Å². The topological polar surface area (TPSA) is 26.3 Å². The molecular weight excluding hydrogens is 262 g/mol. The van der Waals surface area contributed by atoms with Crippen molar-refractivity contribution >= 4 is 5.97 Å². The highest BCUT2D eigenvalue weighted by molar-refractivity contribution is 5.77. The van der Waals surface area contributed by atoms with E-state index >= 15 is 0 Å². The number of ether oxygens (including phenoxy) is 1. The van der Waals surface area contributed by atoms with Gasteiger partial charge in [0, 0.05) is 13.3 Å². The molecule has 0 bridgehead atoms. The molecule has 0 spiro atoms. The second kappa shape index (κ2) is 5.15. The maximum Gasteiger partial charge on any atom is 0.377 e. The van der Waals surface area contributed by atoms with Gasteiger partial charge in [0.2, 0.25) is 0 Å². The van der Waals surface area contributed by atoms with E-state index in [-0.39, 0.29) is 0 Å². The van der Waals surface area contributed by atoms with E-state index in [1.165, 1.54) is 5.56 Å². The summed E-state index contributed by atoms with van der Waals surface area (Å²) in [5.74, 6) is -4.39. The molecule has 0 unspecified atom stereocenters. The van der Waals surface area contributed by atoms with Gasteiger partial charge in [0.25, 0.3) is 0 Å². The van der Waals surface area contributed by atoms with Gasteiger partial charge >= 0.3 is 11.9 Å². The van der Waals surface area contributed by atoms with Gasteiger partial charge in [0.15, 0.2) is 0 Å². The summed E-state index contributed by atoms with van der Waals surface area (Å²) in [6.07, 6.45) is 1.81. The molecule has 0 amide bonds. The zero-order valence-electron chi connectivity index (χ0n) is 12.1. The van der Waals surface area contributed by atoms with Crippen molar-refractivity contribution in [1.82, 2.24) is 0 Å². The van der Waals surface area contributed by atoms with Gasteiger partial charge in [0.1, 0.15) is 5.60 Å². The highest BCUT2D eigenvalue weighted by Crippen LogP contribution is 2.43. The minimum absolute atomic E-state index is 0.454. The summed E-state index contributed by atoms with van der Waals surface area (Å²) in [7, 11) is 0. The maximum absolute atomic E-state index is 12.9. The molecule has 0 N–H and O–H groups in total. The van der Waals surface area contributed by atoms with Gasteiger partial charge in [0.05, 0.1) is 0 Å². The molecule has 2 rings (SSSR count). The quantitative estimate of drug-likeness (QED) is 0.760. The van der Waals surface area contributed by atoms with Crippen LogP contribution in [0.1, 0.15) is 50.7 Å². The van der Waals surface area contributed by atoms with Crippen LogP contribution in [-0.2, 0) is 16.0 Å². The lowest BCUT2D eigenvalue weighted by molar-refractivity contribution is -0.177. The van der Waals surface area contributed by atoms with E-state index in [4.69, 9.17) is 4.74 Å². The number of benzene rings is 1. The Kier molecular flexibility index (Phi) is 3.85. The number of hydrogen-bond acceptors (Lipinski definition) is 2. The minimum Gasteiger partial charge on any atom is -0.454 e. The van der Waals surface area contributed by atoms with Crippen molar-refractivity contribution in [3.63, 3.8) is 0 Å². The third-order valence-corrected chi connectivity index (χ3v) is 3.65. The van der Waals surface area contributed by atoms with Gasteiger partial charge in [-0.15, -0.1) is 0 Å². The molecule has 1 saturated carbocycles. The highest BCUT2D eigenvalue weighted by atomic mass is 19.3. The SMILES string of the molecule is CC(C)c1ccc(CC2(OC(=O)C(C)(F)F)CC2)cc1. The van der Waals surface area contributed by atoms with E-state index in [1.807, 2.05) is 24.3 Å². The summed E-state index contributed by atoms with van der Waals surface area (Å²) in [4.78, 5) is 11.3. The Hall–Kier alpha value is -1.45. The number of esters is 1. The number of rotatable bonds is 5. The van der Waals surface area contributed by atoms with Crippen LogP contribution in [0, 0.1) is 0 Å². The average molecular weight is 282 g/mol. The molecule has 110 valence electrons. The second-order valence-corrected chi connectivity index (χ2v) is 6.03. The molecule has 0 aromatic heterocycles. The normalized spacial score (nSPS) is 17.1. The molecule has 20 heavy (non-hydrogen) atoms. The van der Waals surface area contributed by atoms with Crippen LogP contribution < -0.4 is 0 Å². The van der Waals surface area contributed by atoms with Gasteiger partial charge in [-0.2, -0.15) is 8.78 Å². The van der Waals surface area contributed by atoms with E-state index in [0.29, 0.717) is 32.1 Å². The first-order valence-electron chi connectivity index (χ1n) is 6.92. The summed E-state index contributed by atoms with van der Waals surface area (Å²) in [6.45, 7) is 4.80. The largest absolute Gasteiger partial charge is 0.454 e. The van der Waals surface area contributed by atoms with Gasteiger partial charge in [-0.3, -0.25) is 0 Å². The zero-order chi connectivity index (χ0) is 15.0. The van der Waals surface area contributed by atoms with E-state index < -0.39 is 17.5 Å². The molecule has 0 radical (unpaired) electrons. The Morgan fingerprint density at radius 2 is 1.85 bits per heavy atom. The number of carbonyl (C=O) groups excluding carboxylic acids is 1. The van der Waals surface area contributed by atoms with Gasteiger partial charge in [-0.1, -0.05) is 38.1 Å². The fourth-order valence-corrected chi connectivity index (χ4v) is 2.13. The average Bonchev–Trinajstić information content (AvgIpc) is 3.08. The van der Waals surface area contributed by atoms with E-state index in [0.717, 1.165) is 5.56 Å². The summed E-state index contributed by atoms with van der Waals surface area (Å²) in [5, 5.41) is 0.